The minimum absolute atomic E-state index is 0.394. The average molecular weight is 460 g/mol. The SMILES string of the molecule is O=C(Oc1ccc(/C=N\NC(=S)NC2CCCCC2)cc1)c1ccc(Br)cc1. The van der Waals surface area contributed by atoms with Gasteiger partial charge in [0.2, 0.25) is 0 Å². The Bertz CT molecular complexity index is 832. The van der Waals surface area contributed by atoms with Gasteiger partial charge in [-0.1, -0.05) is 35.2 Å². The fourth-order valence-electron chi connectivity index (χ4n) is 3.00. The molecule has 0 aromatic heterocycles. The lowest BCUT2D eigenvalue weighted by Crippen LogP contribution is -2.40. The zero-order chi connectivity index (χ0) is 19.8. The second-order valence-electron chi connectivity index (χ2n) is 6.64. The van der Waals surface area contributed by atoms with Gasteiger partial charge in [-0.15, -0.1) is 0 Å². The van der Waals surface area contributed by atoms with Crippen LogP contribution in [0.1, 0.15) is 48.0 Å². The maximum atomic E-state index is 12.1. The highest BCUT2D eigenvalue weighted by Gasteiger charge is 2.13. The molecule has 146 valence electrons. The molecule has 2 aromatic carbocycles. The molecule has 0 radical (unpaired) electrons. The number of rotatable bonds is 5. The number of thiocarbonyl (C=S) groups is 1. The summed E-state index contributed by atoms with van der Waals surface area (Å²) in [5.41, 5.74) is 4.22. The standard InChI is InChI=1S/C21H22BrN3O2S/c22-17-10-8-16(9-11-17)20(26)27-19-12-6-15(7-13-19)14-23-25-21(28)24-18-4-2-1-3-5-18/h6-14,18H,1-5H2,(H2,24,25,28)/b23-14-. The predicted octanol–water partition coefficient (Wildman–Crippen LogP) is 4.80. The molecule has 0 bridgehead atoms. The van der Waals surface area contributed by atoms with Crippen molar-refractivity contribution in [3.63, 3.8) is 0 Å². The summed E-state index contributed by atoms with van der Waals surface area (Å²) in [5.74, 6) is 0.0854. The Morgan fingerprint density at radius 1 is 1.07 bits per heavy atom. The fourth-order valence-corrected chi connectivity index (χ4v) is 3.49. The van der Waals surface area contributed by atoms with E-state index in [1.54, 1.807) is 42.6 Å². The molecule has 0 aliphatic heterocycles. The average Bonchev–Trinajstić information content (AvgIpc) is 2.70. The topological polar surface area (TPSA) is 62.7 Å². The van der Waals surface area contributed by atoms with Gasteiger partial charge < -0.3 is 10.1 Å². The number of hydrogen-bond acceptors (Lipinski definition) is 4. The molecule has 1 fully saturated rings. The zero-order valence-electron chi connectivity index (χ0n) is 15.4. The summed E-state index contributed by atoms with van der Waals surface area (Å²) in [6.45, 7) is 0. The summed E-state index contributed by atoms with van der Waals surface area (Å²) in [4.78, 5) is 12.1. The van der Waals surface area contributed by atoms with Crippen LogP contribution in [0.25, 0.3) is 0 Å². The molecule has 0 amide bonds. The van der Waals surface area contributed by atoms with Gasteiger partial charge in [-0.3, -0.25) is 5.43 Å². The van der Waals surface area contributed by atoms with Crippen molar-refractivity contribution in [3.05, 3.63) is 64.1 Å². The molecule has 1 aliphatic rings. The number of carbonyl (C=O) groups is 1. The molecule has 0 heterocycles. The predicted molar refractivity (Wildman–Crippen MR) is 119 cm³/mol. The summed E-state index contributed by atoms with van der Waals surface area (Å²) in [5, 5.41) is 8.01. The van der Waals surface area contributed by atoms with Gasteiger partial charge in [-0.2, -0.15) is 5.10 Å². The maximum Gasteiger partial charge on any atom is 0.343 e. The molecule has 1 saturated carbocycles. The fraction of sp³-hybridized carbons (Fsp3) is 0.286. The van der Waals surface area contributed by atoms with E-state index in [9.17, 15) is 4.79 Å². The number of hydrogen-bond donors (Lipinski definition) is 2. The van der Waals surface area contributed by atoms with Gasteiger partial charge in [0.1, 0.15) is 5.75 Å². The first kappa shape index (κ1) is 20.5. The smallest absolute Gasteiger partial charge is 0.343 e. The van der Waals surface area contributed by atoms with Crippen molar-refractivity contribution in [2.24, 2.45) is 5.10 Å². The van der Waals surface area contributed by atoms with Gasteiger partial charge in [0.15, 0.2) is 5.11 Å². The van der Waals surface area contributed by atoms with Crippen LogP contribution in [-0.2, 0) is 0 Å². The van der Waals surface area contributed by atoms with Crippen LogP contribution in [0.3, 0.4) is 0 Å². The van der Waals surface area contributed by atoms with Crippen molar-refractivity contribution in [1.82, 2.24) is 10.7 Å². The van der Waals surface area contributed by atoms with Gasteiger partial charge in [-0.05, 0) is 79.2 Å². The van der Waals surface area contributed by atoms with Crippen molar-refractivity contribution < 1.29 is 9.53 Å². The largest absolute Gasteiger partial charge is 0.423 e. The number of esters is 1. The molecule has 1 aliphatic carbocycles. The number of benzene rings is 2. The maximum absolute atomic E-state index is 12.1. The van der Waals surface area contributed by atoms with Crippen molar-refractivity contribution in [1.29, 1.82) is 0 Å². The first-order valence-electron chi connectivity index (χ1n) is 9.27. The van der Waals surface area contributed by atoms with Crippen LogP contribution < -0.4 is 15.5 Å². The Morgan fingerprint density at radius 3 is 2.43 bits per heavy atom. The zero-order valence-corrected chi connectivity index (χ0v) is 17.8. The molecule has 28 heavy (non-hydrogen) atoms. The molecule has 5 nitrogen and oxygen atoms in total. The summed E-state index contributed by atoms with van der Waals surface area (Å²) in [6, 6.07) is 14.6. The van der Waals surface area contributed by atoms with E-state index in [0.29, 0.717) is 22.5 Å². The van der Waals surface area contributed by atoms with Crippen LogP contribution in [0.15, 0.2) is 58.1 Å². The molecule has 0 saturated heterocycles. The van der Waals surface area contributed by atoms with Crippen LogP contribution in [0.5, 0.6) is 5.75 Å². The first-order valence-corrected chi connectivity index (χ1v) is 10.5. The van der Waals surface area contributed by atoms with Crippen LogP contribution in [-0.4, -0.2) is 23.3 Å². The van der Waals surface area contributed by atoms with Gasteiger partial charge in [-0.25, -0.2) is 4.79 Å². The molecule has 0 unspecified atom stereocenters. The number of nitrogens with zero attached hydrogens (tertiary/aromatic N) is 1. The van der Waals surface area contributed by atoms with E-state index in [4.69, 9.17) is 17.0 Å². The molecule has 7 heteroatoms. The van der Waals surface area contributed by atoms with E-state index in [-0.39, 0.29) is 0 Å². The minimum Gasteiger partial charge on any atom is -0.423 e. The van der Waals surface area contributed by atoms with Gasteiger partial charge >= 0.3 is 5.97 Å². The van der Waals surface area contributed by atoms with E-state index in [0.717, 1.165) is 22.9 Å². The van der Waals surface area contributed by atoms with E-state index in [1.165, 1.54) is 19.3 Å². The van der Waals surface area contributed by atoms with Gasteiger partial charge in [0, 0.05) is 10.5 Å². The minimum atomic E-state index is -0.394. The molecular weight excluding hydrogens is 438 g/mol. The van der Waals surface area contributed by atoms with Crippen molar-refractivity contribution >= 4 is 45.4 Å². The third-order valence-electron chi connectivity index (χ3n) is 4.49. The quantitative estimate of drug-likeness (QED) is 0.221. The lowest BCUT2D eigenvalue weighted by atomic mass is 9.96. The van der Waals surface area contributed by atoms with Crippen molar-refractivity contribution in [2.75, 3.05) is 0 Å². The van der Waals surface area contributed by atoms with Gasteiger partial charge in [0.05, 0.1) is 11.8 Å². The Morgan fingerprint density at radius 2 is 1.75 bits per heavy atom. The second kappa shape index (κ2) is 10.3. The lowest BCUT2D eigenvalue weighted by Gasteiger charge is -2.23. The highest BCUT2D eigenvalue weighted by molar-refractivity contribution is 9.10. The monoisotopic (exact) mass is 459 g/mol. The van der Waals surface area contributed by atoms with E-state index < -0.39 is 5.97 Å². The highest BCUT2D eigenvalue weighted by atomic mass is 79.9. The number of carbonyl (C=O) groups excluding carboxylic acids is 1. The Kier molecular flexibility index (Phi) is 7.56. The summed E-state index contributed by atoms with van der Waals surface area (Å²) >= 11 is 8.62. The number of hydrazone groups is 1. The van der Waals surface area contributed by atoms with Crippen LogP contribution >= 0.6 is 28.1 Å². The van der Waals surface area contributed by atoms with Crippen LogP contribution in [0.4, 0.5) is 0 Å². The first-order chi connectivity index (χ1) is 13.6. The lowest BCUT2D eigenvalue weighted by molar-refractivity contribution is 0.0734. The summed E-state index contributed by atoms with van der Waals surface area (Å²) < 4.78 is 6.29. The number of ether oxygens (including phenoxy) is 1. The normalized spacial score (nSPS) is 14.6. The van der Waals surface area contributed by atoms with Crippen LogP contribution in [0.2, 0.25) is 0 Å². The van der Waals surface area contributed by atoms with E-state index in [1.807, 2.05) is 12.1 Å². The molecule has 0 atom stereocenters. The van der Waals surface area contributed by atoms with Gasteiger partial charge in [0.25, 0.3) is 0 Å². The second-order valence-corrected chi connectivity index (χ2v) is 7.97. The Balaban J connectivity index is 1.47. The Labute approximate surface area is 178 Å². The van der Waals surface area contributed by atoms with E-state index >= 15 is 0 Å². The van der Waals surface area contributed by atoms with E-state index in [2.05, 4.69) is 31.8 Å². The highest BCUT2D eigenvalue weighted by Crippen LogP contribution is 2.17. The number of halogens is 1. The molecular formula is C21H22BrN3O2S. The summed E-state index contributed by atoms with van der Waals surface area (Å²) in [7, 11) is 0. The molecule has 2 aromatic rings. The molecule has 2 N–H and O–H groups in total. The van der Waals surface area contributed by atoms with Crippen molar-refractivity contribution in [3.8, 4) is 5.75 Å². The molecule has 0 spiro atoms. The molecule has 3 rings (SSSR count). The number of nitrogens with one attached hydrogen (secondary N) is 2. The van der Waals surface area contributed by atoms with Crippen molar-refractivity contribution in [2.45, 2.75) is 38.1 Å². The van der Waals surface area contributed by atoms with Crippen LogP contribution in [0, 0.1) is 0 Å². The third kappa shape index (κ3) is 6.42. The summed E-state index contributed by atoms with van der Waals surface area (Å²) in [6.07, 6.45) is 7.81. The third-order valence-corrected chi connectivity index (χ3v) is 5.23. The Hall–Kier alpha value is -2.25.